The Bertz CT molecular complexity index is 747. The molecule has 0 saturated heterocycles. The van der Waals surface area contributed by atoms with Crippen LogP contribution in [0.5, 0.6) is 5.75 Å². The van der Waals surface area contributed by atoms with E-state index in [-0.39, 0.29) is 5.69 Å². The smallest absolute Gasteiger partial charge is 0.356 e. The number of carbonyl (C=O) groups is 1. The van der Waals surface area contributed by atoms with Gasteiger partial charge >= 0.3 is 5.97 Å². The molecule has 1 aliphatic carbocycles. The van der Waals surface area contributed by atoms with Crippen molar-refractivity contribution in [2.45, 2.75) is 32.6 Å². The van der Waals surface area contributed by atoms with Crippen molar-refractivity contribution < 1.29 is 14.6 Å². The number of fused-ring (bicyclic) bond motifs is 1. The van der Waals surface area contributed by atoms with Gasteiger partial charge < -0.3 is 9.84 Å². The van der Waals surface area contributed by atoms with Crippen LogP contribution in [0.25, 0.3) is 11.3 Å². The number of carboxylic acid groups (broad SMARTS) is 1. The third-order valence-corrected chi connectivity index (χ3v) is 4.46. The second-order valence-electron chi connectivity index (χ2n) is 5.77. The number of hydrogen-bond donors (Lipinski definition) is 1. The fourth-order valence-electron chi connectivity index (χ4n) is 3.37. The fourth-order valence-corrected chi connectivity index (χ4v) is 3.37. The summed E-state index contributed by atoms with van der Waals surface area (Å²) in [5, 5.41) is 13.2. The largest absolute Gasteiger partial charge is 0.496 e. The van der Waals surface area contributed by atoms with Crippen molar-refractivity contribution in [3.05, 3.63) is 34.5 Å². The number of aromatic nitrogens is 2. The van der Waals surface area contributed by atoms with Crippen molar-refractivity contribution in [2.75, 3.05) is 7.11 Å². The van der Waals surface area contributed by atoms with E-state index in [1.165, 1.54) is 29.5 Å². The summed E-state index contributed by atoms with van der Waals surface area (Å²) in [6.07, 6.45) is 4.57. The van der Waals surface area contributed by atoms with Gasteiger partial charge in [0.15, 0.2) is 5.69 Å². The molecule has 5 nitrogen and oxygen atoms in total. The molecular weight excluding hydrogens is 280 g/mol. The molecule has 5 heteroatoms. The first-order valence-corrected chi connectivity index (χ1v) is 7.50. The molecule has 116 valence electrons. The molecule has 1 heterocycles. The number of ether oxygens (including phenoxy) is 1. The van der Waals surface area contributed by atoms with Gasteiger partial charge in [0.25, 0.3) is 0 Å². The molecule has 2 aromatic rings. The second kappa shape index (κ2) is 5.48. The standard InChI is InChI=1S/C17H20N2O3/c1-10-12-7-5-4-6-11(12)8-15(22-3)16(10)14-9-13(17(20)21)18-19(14)2/h8-9H,4-7H2,1-3H3,(H,20,21). The number of rotatable bonds is 3. The highest BCUT2D eigenvalue weighted by molar-refractivity contribution is 5.88. The number of methoxy groups -OCH3 is 1. The normalized spacial score (nSPS) is 13.8. The Hall–Kier alpha value is -2.30. The van der Waals surface area contributed by atoms with Gasteiger partial charge in [-0.15, -0.1) is 0 Å². The summed E-state index contributed by atoms with van der Waals surface area (Å²) < 4.78 is 7.20. The summed E-state index contributed by atoms with van der Waals surface area (Å²) in [6.45, 7) is 2.09. The van der Waals surface area contributed by atoms with Gasteiger partial charge in [0.05, 0.1) is 12.8 Å². The van der Waals surface area contributed by atoms with Crippen LogP contribution < -0.4 is 4.74 Å². The molecule has 22 heavy (non-hydrogen) atoms. The quantitative estimate of drug-likeness (QED) is 0.946. The number of aryl methyl sites for hydroxylation is 2. The van der Waals surface area contributed by atoms with Crippen LogP contribution in [0, 0.1) is 6.92 Å². The highest BCUT2D eigenvalue weighted by atomic mass is 16.5. The number of aromatic carboxylic acids is 1. The lowest BCUT2D eigenvalue weighted by molar-refractivity contribution is 0.0689. The van der Waals surface area contributed by atoms with E-state index in [1.54, 1.807) is 24.9 Å². The molecule has 1 aliphatic rings. The molecule has 1 aromatic heterocycles. The number of carboxylic acids is 1. The first-order valence-electron chi connectivity index (χ1n) is 7.50. The predicted octanol–water partition coefficient (Wildman–Crippen LogP) is 2.98. The Morgan fingerprint density at radius 2 is 2.05 bits per heavy atom. The van der Waals surface area contributed by atoms with Crippen LogP contribution in [0.2, 0.25) is 0 Å². The van der Waals surface area contributed by atoms with Crippen LogP contribution in [0.1, 0.15) is 40.0 Å². The maximum absolute atomic E-state index is 11.2. The molecule has 0 saturated carbocycles. The van der Waals surface area contributed by atoms with E-state index < -0.39 is 5.97 Å². The minimum absolute atomic E-state index is 0.0525. The maximum Gasteiger partial charge on any atom is 0.356 e. The number of hydrogen-bond acceptors (Lipinski definition) is 3. The average Bonchev–Trinajstić information content (AvgIpc) is 2.89. The summed E-state index contributed by atoms with van der Waals surface area (Å²) in [6, 6.07) is 3.71. The van der Waals surface area contributed by atoms with Gasteiger partial charge in [-0.3, -0.25) is 4.68 Å². The lowest BCUT2D eigenvalue weighted by Crippen LogP contribution is -2.08. The van der Waals surface area contributed by atoms with Crippen molar-refractivity contribution in [1.29, 1.82) is 0 Å². The first kappa shape index (κ1) is 14.6. The Morgan fingerprint density at radius 3 is 2.68 bits per heavy atom. The first-order chi connectivity index (χ1) is 10.5. The summed E-state index contributed by atoms with van der Waals surface area (Å²) in [7, 11) is 3.42. The van der Waals surface area contributed by atoms with E-state index in [0.717, 1.165) is 29.8 Å². The zero-order valence-corrected chi connectivity index (χ0v) is 13.1. The average molecular weight is 300 g/mol. The van der Waals surface area contributed by atoms with Gasteiger partial charge in [-0.05, 0) is 61.4 Å². The molecule has 0 spiro atoms. The Kier molecular flexibility index (Phi) is 3.64. The van der Waals surface area contributed by atoms with Gasteiger partial charge in [0.1, 0.15) is 5.75 Å². The van der Waals surface area contributed by atoms with E-state index in [0.29, 0.717) is 0 Å². The summed E-state index contributed by atoms with van der Waals surface area (Å²) in [5.41, 5.74) is 5.68. The maximum atomic E-state index is 11.2. The molecule has 0 radical (unpaired) electrons. The Morgan fingerprint density at radius 1 is 1.32 bits per heavy atom. The van der Waals surface area contributed by atoms with Gasteiger partial charge in [0.2, 0.25) is 0 Å². The van der Waals surface area contributed by atoms with Crippen molar-refractivity contribution in [2.24, 2.45) is 7.05 Å². The molecule has 3 rings (SSSR count). The van der Waals surface area contributed by atoms with Gasteiger partial charge in [-0.2, -0.15) is 5.10 Å². The molecular formula is C17H20N2O3. The lowest BCUT2D eigenvalue weighted by atomic mass is 9.85. The van der Waals surface area contributed by atoms with Gasteiger partial charge in [-0.25, -0.2) is 4.79 Å². The molecule has 1 N–H and O–H groups in total. The van der Waals surface area contributed by atoms with Crippen molar-refractivity contribution in [3.8, 4) is 17.0 Å². The molecule has 0 fully saturated rings. The molecule has 0 aliphatic heterocycles. The van der Waals surface area contributed by atoms with E-state index in [4.69, 9.17) is 9.84 Å². The molecule has 0 atom stereocenters. The molecule has 0 bridgehead atoms. The monoisotopic (exact) mass is 300 g/mol. The zero-order valence-electron chi connectivity index (χ0n) is 13.1. The van der Waals surface area contributed by atoms with Crippen LogP contribution in [0.3, 0.4) is 0 Å². The third kappa shape index (κ3) is 2.26. The van der Waals surface area contributed by atoms with Crippen LogP contribution in [-0.4, -0.2) is 28.0 Å². The Labute approximate surface area is 129 Å². The number of nitrogens with zero attached hydrogens (tertiary/aromatic N) is 2. The van der Waals surface area contributed by atoms with Crippen LogP contribution in [-0.2, 0) is 19.9 Å². The lowest BCUT2D eigenvalue weighted by Gasteiger charge is -2.23. The van der Waals surface area contributed by atoms with E-state index in [2.05, 4.69) is 18.1 Å². The van der Waals surface area contributed by atoms with Crippen LogP contribution in [0.4, 0.5) is 0 Å². The third-order valence-electron chi connectivity index (χ3n) is 4.46. The second-order valence-corrected chi connectivity index (χ2v) is 5.77. The summed E-state index contributed by atoms with van der Waals surface area (Å²) in [5.74, 6) is -0.227. The Balaban J connectivity index is 2.23. The van der Waals surface area contributed by atoms with E-state index in [1.807, 2.05) is 0 Å². The molecule has 1 aromatic carbocycles. The SMILES string of the molecule is COc1cc2c(c(C)c1-c1cc(C(=O)O)nn1C)CCCC2. The highest BCUT2D eigenvalue weighted by Gasteiger charge is 2.22. The van der Waals surface area contributed by atoms with Gasteiger partial charge in [0, 0.05) is 12.6 Å². The van der Waals surface area contributed by atoms with Crippen LogP contribution >= 0.6 is 0 Å². The van der Waals surface area contributed by atoms with E-state index >= 15 is 0 Å². The molecule has 0 unspecified atom stereocenters. The summed E-state index contributed by atoms with van der Waals surface area (Å²) >= 11 is 0. The predicted molar refractivity (Wildman–Crippen MR) is 83.5 cm³/mol. The topological polar surface area (TPSA) is 64.3 Å². The molecule has 0 amide bonds. The van der Waals surface area contributed by atoms with Gasteiger partial charge in [-0.1, -0.05) is 0 Å². The van der Waals surface area contributed by atoms with Crippen molar-refractivity contribution in [1.82, 2.24) is 9.78 Å². The number of benzene rings is 1. The fraction of sp³-hybridized carbons (Fsp3) is 0.412. The zero-order chi connectivity index (χ0) is 15.9. The van der Waals surface area contributed by atoms with Crippen molar-refractivity contribution in [3.63, 3.8) is 0 Å². The van der Waals surface area contributed by atoms with Crippen molar-refractivity contribution >= 4 is 5.97 Å². The minimum atomic E-state index is -1.02. The minimum Gasteiger partial charge on any atom is -0.496 e. The highest BCUT2D eigenvalue weighted by Crippen LogP contribution is 2.39. The summed E-state index contributed by atoms with van der Waals surface area (Å²) in [4.78, 5) is 11.2. The van der Waals surface area contributed by atoms with Crippen LogP contribution in [0.15, 0.2) is 12.1 Å². The van der Waals surface area contributed by atoms with E-state index in [9.17, 15) is 4.79 Å².